The summed E-state index contributed by atoms with van der Waals surface area (Å²) in [4.78, 5) is 9.99. The van der Waals surface area contributed by atoms with E-state index < -0.39 is 0 Å². The van der Waals surface area contributed by atoms with E-state index in [0.29, 0.717) is 12.5 Å². The topological polar surface area (TPSA) is 29.1 Å². The first-order valence-electron chi connectivity index (χ1n) is 4.75. The third-order valence-corrected chi connectivity index (χ3v) is 2.23. The molecule has 0 aromatic heterocycles. The molecule has 1 atom stereocenters. The number of aldehydes is 1. The Bertz CT molecular complexity index is 148. The fourth-order valence-corrected chi connectivity index (χ4v) is 1.54. The molecule has 0 aromatic carbocycles. The second kappa shape index (κ2) is 5.95. The second-order valence-corrected chi connectivity index (χ2v) is 3.26. The molecule has 2 nitrogen and oxygen atoms in total. The highest BCUT2D eigenvalue weighted by Crippen LogP contribution is 2.10. The SMILES string of the molecule is O=CC/C=C\CC1CCCCN1. The standard InChI is InChI=1S/C10H17NO/c12-9-5-1-2-6-10-7-3-4-8-11-10/h1-2,9-11H,3-8H2/b2-1-. The average Bonchev–Trinajstić information content (AvgIpc) is 2.14. The summed E-state index contributed by atoms with van der Waals surface area (Å²) in [6.07, 6.45) is 10.6. The van der Waals surface area contributed by atoms with Crippen molar-refractivity contribution in [1.29, 1.82) is 0 Å². The van der Waals surface area contributed by atoms with E-state index in [1.807, 2.05) is 6.08 Å². The van der Waals surface area contributed by atoms with E-state index in [0.717, 1.165) is 19.3 Å². The average molecular weight is 167 g/mol. The molecule has 0 bridgehead atoms. The van der Waals surface area contributed by atoms with Gasteiger partial charge in [-0.3, -0.25) is 0 Å². The monoisotopic (exact) mass is 167 g/mol. The predicted octanol–water partition coefficient (Wildman–Crippen LogP) is 1.66. The molecule has 1 N–H and O–H groups in total. The number of carbonyl (C=O) groups excluding carboxylic acids is 1. The van der Waals surface area contributed by atoms with Crippen LogP contribution in [0.3, 0.4) is 0 Å². The highest BCUT2D eigenvalue weighted by atomic mass is 16.1. The molecule has 1 saturated heterocycles. The van der Waals surface area contributed by atoms with Crippen molar-refractivity contribution in [2.45, 2.75) is 38.1 Å². The van der Waals surface area contributed by atoms with Crippen LogP contribution in [0.1, 0.15) is 32.1 Å². The van der Waals surface area contributed by atoms with Crippen molar-refractivity contribution in [3.05, 3.63) is 12.2 Å². The van der Waals surface area contributed by atoms with Crippen molar-refractivity contribution in [2.24, 2.45) is 0 Å². The summed E-state index contributed by atoms with van der Waals surface area (Å²) in [5, 5.41) is 3.46. The summed E-state index contributed by atoms with van der Waals surface area (Å²) in [5.41, 5.74) is 0. The van der Waals surface area contributed by atoms with E-state index >= 15 is 0 Å². The normalized spacial score (nSPS) is 24.5. The third kappa shape index (κ3) is 3.67. The molecule has 0 radical (unpaired) electrons. The highest BCUT2D eigenvalue weighted by Gasteiger charge is 2.09. The largest absolute Gasteiger partial charge is 0.314 e. The van der Waals surface area contributed by atoms with Gasteiger partial charge in [0.05, 0.1) is 0 Å². The lowest BCUT2D eigenvalue weighted by molar-refractivity contribution is -0.107. The Kier molecular flexibility index (Phi) is 4.69. The van der Waals surface area contributed by atoms with Crippen LogP contribution in [0.15, 0.2) is 12.2 Å². The molecule has 0 amide bonds. The Balaban J connectivity index is 2.08. The van der Waals surface area contributed by atoms with E-state index in [2.05, 4.69) is 11.4 Å². The number of rotatable bonds is 4. The van der Waals surface area contributed by atoms with Crippen molar-refractivity contribution < 1.29 is 4.79 Å². The minimum atomic E-state index is 0.562. The van der Waals surface area contributed by atoms with Gasteiger partial charge in [-0.2, -0.15) is 0 Å². The lowest BCUT2D eigenvalue weighted by Gasteiger charge is -2.21. The second-order valence-electron chi connectivity index (χ2n) is 3.26. The molecule has 1 aliphatic rings. The number of piperidine rings is 1. The van der Waals surface area contributed by atoms with E-state index in [9.17, 15) is 4.79 Å². The van der Waals surface area contributed by atoms with E-state index in [4.69, 9.17) is 0 Å². The fourth-order valence-electron chi connectivity index (χ4n) is 1.54. The Morgan fingerprint density at radius 1 is 1.33 bits per heavy atom. The molecule has 1 fully saturated rings. The van der Waals surface area contributed by atoms with Crippen LogP contribution in [0.2, 0.25) is 0 Å². The summed E-state index contributed by atoms with van der Waals surface area (Å²) < 4.78 is 0. The van der Waals surface area contributed by atoms with Crippen LogP contribution in [-0.2, 0) is 4.79 Å². The first-order valence-corrected chi connectivity index (χ1v) is 4.75. The van der Waals surface area contributed by atoms with Crippen molar-refractivity contribution in [3.8, 4) is 0 Å². The summed E-state index contributed by atoms with van der Waals surface area (Å²) in [6, 6.07) is 0.654. The maximum absolute atomic E-state index is 9.99. The lowest BCUT2D eigenvalue weighted by Crippen LogP contribution is -2.33. The number of hydrogen-bond acceptors (Lipinski definition) is 2. The minimum Gasteiger partial charge on any atom is -0.314 e. The van der Waals surface area contributed by atoms with Crippen LogP contribution in [0, 0.1) is 0 Å². The van der Waals surface area contributed by atoms with Crippen molar-refractivity contribution in [1.82, 2.24) is 5.32 Å². The van der Waals surface area contributed by atoms with Gasteiger partial charge in [0.2, 0.25) is 0 Å². The molecule has 1 unspecified atom stereocenters. The van der Waals surface area contributed by atoms with Crippen LogP contribution in [0.4, 0.5) is 0 Å². The number of carbonyl (C=O) groups is 1. The first kappa shape index (κ1) is 9.46. The molecular formula is C10H17NO. The number of nitrogens with one attached hydrogen (secondary N) is 1. The molecule has 1 heterocycles. The minimum absolute atomic E-state index is 0.562. The van der Waals surface area contributed by atoms with Crippen LogP contribution in [0.5, 0.6) is 0 Å². The number of hydrogen-bond donors (Lipinski definition) is 1. The van der Waals surface area contributed by atoms with Gasteiger partial charge in [-0.05, 0) is 25.8 Å². The molecule has 0 aliphatic carbocycles. The van der Waals surface area contributed by atoms with E-state index in [-0.39, 0.29) is 0 Å². The molecule has 12 heavy (non-hydrogen) atoms. The molecule has 1 aliphatic heterocycles. The summed E-state index contributed by atoms with van der Waals surface area (Å²) >= 11 is 0. The molecule has 0 saturated carbocycles. The van der Waals surface area contributed by atoms with Gasteiger partial charge in [-0.1, -0.05) is 18.6 Å². The van der Waals surface area contributed by atoms with Gasteiger partial charge in [-0.25, -0.2) is 0 Å². The molecule has 2 heteroatoms. The molecule has 1 rings (SSSR count). The van der Waals surface area contributed by atoms with Gasteiger partial charge in [0.15, 0.2) is 0 Å². The van der Waals surface area contributed by atoms with Crippen LogP contribution in [0.25, 0.3) is 0 Å². The van der Waals surface area contributed by atoms with Gasteiger partial charge in [-0.15, -0.1) is 0 Å². The van der Waals surface area contributed by atoms with E-state index in [1.54, 1.807) is 0 Å². The molecule has 0 aromatic rings. The van der Waals surface area contributed by atoms with Gasteiger partial charge in [0.1, 0.15) is 6.29 Å². The predicted molar refractivity (Wildman–Crippen MR) is 50.1 cm³/mol. The van der Waals surface area contributed by atoms with Gasteiger partial charge in [0.25, 0.3) is 0 Å². The molecule has 0 spiro atoms. The lowest BCUT2D eigenvalue weighted by atomic mass is 10.0. The zero-order valence-electron chi connectivity index (χ0n) is 7.46. The third-order valence-electron chi connectivity index (χ3n) is 2.23. The van der Waals surface area contributed by atoms with Crippen LogP contribution in [-0.4, -0.2) is 18.9 Å². The Morgan fingerprint density at radius 2 is 2.25 bits per heavy atom. The van der Waals surface area contributed by atoms with Gasteiger partial charge < -0.3 is 10.1 Å². The summed E-state index contributed by atoms with van der Waals surface area (Å²) in [6.45, 7) is 1.16. The van der Waals surface area contributed by atoms with Gasteiger partial charge >= 0.3 is 0 Å². The van der Waals surface area contributed by atoms with Crippen molar-refractivity contribution in [2.75, 3.05) is 6.54 Å². The number of allylic oxidation sites excluding steroid dienone is 1. The summed E-state index contributed by atoms with van der Waals surface area (Å²) in [5.74, 6) is 0. The quantitative estimate of drug-likeness (QED) is 0.509. The van der Waals surface area contributed by atoms with Crippen molar-refractivity contribution >= 4 is 6.29 Å². The highest BCUT2D eigenvalue weighted by molar-refractivity contribution is 5.51. The zero-order chi connectivity index (χ0) is 8.65. The van der Waals surface area contributed by atoms with Crippen LogP contribution >= 0.6 is 0 Å². The first-order chi connectivity index (χ1) is 5.93. The van der Waals surface area contributed by atoms with Gasteiger partial charge in [0, 0.05) is 12.5 Å². The zero-order valence-corrected chi connectivity index (χ0v) is 7.46. The Labute approximate surface area is 74.0 Å². The van der Waals surface area contributed by atoms with Crippen molar-refractivity contribution in [3.63, 3.8) is 0 Å². The maximum atomic E-state index is 9.99. The van der Waals surface area contributed by atoms with Crippen LogP contribution < -0.4 is 5.32 Å². The molecule has 68 valence electrons. The summed E-state index contributed by atoms with van der Waals surface area (Å²) in [7, 11) is 0. The maximum Gasteiger partial charge on any atom is 0.123 e. The Morgan fingerprint density at radius 3 is 2.92 bits per heavy atom. The van der Waals surface area contributed by atoms with E-state index in [1.165, 1.54) is 19.3 Å². The smallest absolute Gasteiger partial charge is 0.123 e. The Hall–Kier alpha value is -0.630. The molecular weight excluding hydrogens is 150 g/mol. The fraction of sp³-hybridized carbons (Fsp3) is 0.700.